The molecule has 0 unspecified atom stereocenters. The Morgan fingerprint density at radius 2 is 1.55 bits per heavy atom. The molecule has 29 heavy (non-hydrogen) atoms. The predicted octanol–water partition coefficient (Wildman–Crippen LogP) is 5.22. The minimum Gasteiger partial charge on any atom is -0.339 e. The Bertz CT molecular complexity index is 891. The number of rotatable bonds is 3. The van der Waals surface area contributed by atoms with E-state index in [2.05, 4.69) is 17.6 Å². The lowest BCUT2D eigenvalue weighted by molar-refractivity contribution is -0.137. The number of urea groups is 1. The first-order valence-corrected chi connectivity index (χ1v) is 9.37. The number of hydrogen-bond donors (Lipinski definition) is 2. The van der Waals surface area contributed by atoms with Gasteiger partial charge >= 0.3 is 12.2 Å². The lowest BCUT2D eigenvalue weighted by atomic mass is 9.98. The van der Waals surface area contributed by atoms with Gasteiger partial charge in [-0.3, -0.25) is 4.79 Å². The minimum absolute atomic E-state index is 0.0204. The van der Waals surface area contributed by atoms with E-state index in [-0.39, 0.29) is 11.6 Å². The number of halogens is 3. The van der Waals surface area contributed by atoms with E-state index in [1.165, 1.54) is 12.1 Å². The molecule has 2 aromatic rings. The molecule has 3 rings (SSSR count). The monoisotopic (exact) mass is 405 g/mol. The second-order valence-corrected chi connectivity index (χ2v) is 7.21. The molecular formula is C21H22F3N3O2. The zero-order valence-corrected chi connectivity index (χ0v) is 15.9. The maximum Gasteiger partial charge on any atom is 0.416 e. The van der Waals surface area contributed by atoms with Crippen LogP contribution in [0.2, 0.25) is 0 Å². The third-order valence-electron chi connectivity index (χ3n) is 4.89. The number of piperidine rings is 1. The fourth-order valence-electron chi connectivity index (χ4n) is 3.19. The molecule has 1 aliphatic rings. The summed E-state index contributed by atoms with van der Waals surface area (Å²) in [6.45, 7) is 3.57. The standard InChI is InChI=1S/C21H22F3N3O2/c1-14-8-10-27(11-9-14)19(28)15-4-2-6-17(12-15)25-20(29)26-18-7-3-5-16(13-18)21(22,23)24/h2-7,12-14H,8-11H2,1H3,(H2,25,26,29). The average molecular weight is 405 g/mol. The summed E-state index contributed by atoms with van der Waals surface area (Å²) < 4.78 is 38.3. The normalized spacial score (nSPS) is 15.1. The van der Waals surface area contributed by atoms with Crippen LogP contribution < -0.4 is 10.6 Å². The van der Waals surface area contributed by atoms with Crippen molar-refractivity contribution in [3.8, 4) is 0 Å². The molecule has 0 aromatic heterocycles. The van der Waals surface area contributed by atoms with Crippen LogP contribution in [0.25, 0.3) is 0 Å². The summed E-state index contributed by atoms with van der Waals surface area (Å²) in [6.07, 6.45) is -2.57. The Balaban J connectivity index is 1.64. The number of amides is 3. The number of carbonyl (C=O) groups is 2. The Hall–Kier alpha value is -3.03. The average Bonchev–Trinajstić information content (AvgIpc) is 2.67. The smallest absolute Gasteiger partial charge is 0.339 e. The number of nitrogens with one attached hydrogen (secondary N) is 2. The van der Waals surface area contributed by atoms with Crippen LogP contribution in [0.5, 0.6) is 0 Å². The molecule has 1 heterocycles. The first kappa shape index (κ1) is 20.7. The minimum atomic E-state index is -4.49. The molecule has 0 radical (unpaired) electrons. The summed E-state index contributed by atoms with van der Waals surface area (Å²) in [5.41, 5.74) is 0.00728. The molecule has 2 aromatic carbocycles. The molecule has 0 spiro atoms. The maximum absolute atomic E-state index is 12.8. The zero-order valence-electron chi connectivity index (χ0n) is 15.9. The fourth-order valence-corrected chi connectivity index (χ4v) is 3.19. The van der Waals surface area contributed by atoms with E-state index in [0.29, 0.717) is 30.3 Å². The van der Waals surface area contributed by atoms with Crippen LogP contribution in [0.1, 0.15) is 35.7 Å². The van der Waals surface area contributed by atoms with Crippen LogP contribution in [0.15, 0.2) is 48.5 Å². The highest BCUT2D eigenvalue weighted by atomic mass is 19.4. The van der Waals surface area contributed by atoms with E-state index in [1.54, 1.807) is 29.2 Å². The Labute approximate surface area is 166 Å². The van der Waals surface area contributed by atoms with Gasteiger partial charge in [0.25, 0.3) is 5.91 Å². The third kappa shape index (κ3) is 5.49. The maximum atomic E-state index is 12.8. The van der Waals surface area contributed by atoms with E-state index in [1.807, 2.05) is 0 Å². The quantitative estimate of drug-likeness (QED) is 0.735. The second-order valence-electron chi connectivity index (χ2n) is 7.21. The van der Waals surface area contributed by atoms with Gasteiger partial charge in [0.1, 0.15) is 0 Å². The molecule has 0 aliphatic carbocycles. The topological polar surface area (TPSA) is 61.4 Å². The van der Waals surface area contributed by atoms with Crippen LogP contribution in [-0.2, 0) is 6.18 Å². The molecule has 1 fully saturated rings. The van der Waals surface area contributed by atoms with E-state index >= 15 is 0 Å². The molecule has 1 aliphatic heterocycles. The molecule has 8 heteroatoms. The molecule has 5 nitrogen and oxygen atoms in total. The van der Waals surface area contributed by atoms with Gasteiger partial charge in [-0.25, -0.2) is 4.79 Å². The number of nitrogens with zero attached hydrogens (tertiary/aromatic N) is 1. The van der Waals surface area contributed by atoms with Crippen LogP contribution in [0, 0.1) is 5.92 Å². The SMILES string of the molecule is CC1CCN(C(=O)c2cccc(NC(=O)Nc3cccc(C(F)(F)F)c3)c2)CC1. The lowest BCUT2D eigenvalue weighted by Crippen LogP contribution is -2.37. The number of carbonyl (C=O) groups excluding carboxylic acids is 2. The van der Waals surface area contributed by atoms with Crippen LogP contribution in [0.3, 0.4) is 0 Å². The fraction of sp³-hybridized carbons (Fsp3) is 0.333. The Morgan fingerprint density at radius 1 is 0.966 bits per heavy atom. The van der Waals surface area contributed by atoms with Crippen molar-refractivity contribution in [2.75, 3.05) is 23.7 Å². The van der Waals surface area contributed by atoms with Crippen molar-refractivity contribution < 1.29 is 22.8 Å². The van der Waals surface area contributed by atoms with Gasteiger partial charge in [-0.15, -0.1) is 0 Å². The molecule has 2 N–H and O–H groups in total. The van der Waals surface area contributed by atoms with Crippen molar-refractivity contribution >= 4 is 23.3 Å². The molecule has 0 bridgehead atoms. The van der Waals surface area contributed by atoms with Crippen molar-refractivity contribution in [2.24, 2.45) is 5.92 Å². The summed E-state index contributed by atoms with van der Waals surface area (Å²) in [7, 11) is 0. The van der Waals surface area contributed by atoms with Gasteiger partial charge in [-0.2, -0.15) is 13.2 Å². The van der Waals surface area contributed by atoms with Crippen molar-refractivity contribution in [3.63, 3.8) is 0 Å². The van der Waals surface area contributed by atoms with Gasteiger partial charge < -0.3 is 15.5 Å². The van der Waals surface area contributed by atoms with Gasteiger partial charge in [0.15, 0.2) is 0 Å². The number of alkyl halides is 3. The molecule has 1 saturated heterocycles. The van der Waals surface area contributed by atoms with Crippen molar-refractivity contribution in [1.29, 1.82) is 0 Å². The van der Waals surface area contributed by atoms with Crippen molar-refractivity contribution in [3.05, 3.63) is 59.7 Å². The van der Waals surface area contributed by atoms with Crippen molar-refractivity contribution in [2.45, 2.75) is 25.9 Å². The van der Waals surface area contributed by atoms with E-state index in [9.17, 15) is 22.8 Å². The lowest BCUT2D eigenvalue weighted by Gasteiger charge is -2.30. The highest BCUT2D eigenvalue weighted by Gasteiger charge is 2.30. The Morgan fingerprint density at radius 3 is 2.17 bits per heavy atom. The first-order chi connectivity index (χ1) is 13.7. The third-order valence-corrected chi connectivity index (χ3v) is 4.89. The summed E-state index contributed by atoms with van der Waals surface area (Å²) in [6, 6.07) is 10.2. The zero-order chi connectivity index (χ0) is 21.0. The molecule has 0 atom stereocenters. The summed E-state index contributed by atoms with van der Waals surface area (Å²) >= 11 is 0. The molecule has 154 valence electrons. The molecule has 0 saturated carbocycles. The van der Waals surface area contributed by atoms with Gasteiger partial charge in [-0.1, -0.05) is 19.1 Å². The van der Waals surface area contributed by atoms with E-state index in [4.69, 9.17) is 0 Å². The first-order valence-electron chi connectivity index (χ1n) is 9.37. The largest absolute Gasteiger partial charge is 0.416 e. The molecule has 3 amide bonds. The second kappa shape index (κ2) is 8.55. The van der Waals surface area contributed by atoms with Crippen LogP contribution >= 0.6 is 0 Å². The highest BCUT2D eigenvalue weighted by Crippen LogP contribution is 2.30. The Kier molecular flexibility index (Phi) is 6.10. The number of hydrogen-bond acceptors (Lipinski definition) is 2. The van der Waals surface area contributed by atoms with Crippen LogP contribution in [-0.4, -0.2) is 29.9 Å². The van der Waals surface area contributed by atoms with E-state index in [0.717, 1.165) is 25.0 Å². The number of anilines is 2. The summed E-state index contributed by atoms with van der Waals surface area (Å²) in [5.74, 6) is 0.505. The van der Waals surface area contributed by atoms with Gasteiger partial charge in [0, 0.05) is 30.0 Å². The number of likely N-dealkylation sites (tertiary alicyclic amines) is 1. The van der Waals surface area contributed by atoms with E-state index < -0.39 is 17.8 Å². The molecular weight excluding hydrogens is 383 g/mol. The summed E-state index contributed by atoms with van der Waals surface area (Å²) in [4.78, 5) is 26.6. The van der Waals surface area contributed by atoms with Gasteiger partial charge in [0.05, 0.1) is 5.56 Å². The summed E-state index contributed by atoms with van der Waals surface area (Å²) in [5, 5.41) is 4.93. The van der Waals surface area contributed by atoms with Gasteiger partial charge in [0.2, 0.25) is 0 Å². The number of benzene rings is 2. The predicted molar refractivity (Wildman–Crippen MR) is 105 cm³/mol. The highest BCUT2D eigenvalue weighted by molar-refractivity contribution is 6.01. The van der Waals surface area contributed by atoms with Crippen LogP contribution in [0.4, 0.5) is 29.3 Å². The van der Waals surface area contributed by atoms with Gasteiger partial charge in [-0.05, 0) is 55.2 Å². The van der Waals surface area contributed by atoms with Crippen molar-refractivity contribution in [1.82, 2.24) is 4.90 Å².